The maximum absolute atomic E-state index is 12.1. The molecule has 0 radical (unpaired) electrons. The second-order valence-corrected chi connectivity index (χ2v) is 4.86. The molecular weight excluding hydrogens is 244 g/mol. The lowest BCUT2D eigenvalue weighted by Crippen LogP contribution is -2.49. The molecule has 6 nitrogen and oxygen atoms in total. The SMILES string of the molecule is CCCN(CC)CCNC(=O)C(C)(CC)C(N)=NO. The van der Waals surface area contributed by atoms with Crippen LogP contribution < -0.4 is 11.1 Å². The number of hydrogen-bond donors (Lipinski definition) is 3. The van der Waals surface area contributed by atoms with Crippen molar-refractivity contribution in [3.63, 3.8) is 0 Å². The van der Waals surface area contributed by atoms with Crippen molar-refractivity contribution in [3.8, 4) is 0 Å². The summed E-state index contributed by atoms with van der Waals surface area (Å²) in [6.45, 7) is 11.1. The van der Waals surface area contributed by atoms with E-state index in [0.29, 0.717) is 13.0 Å². The molecule has 0 aromatic rings. The standard InChI is InChI=1S/C13H28N4O2/c1-5-9-17(7-3)10-8-15-12(18)13(4,6-2)11(14)16-19/h19H,5-10H2,1-4H3,(H2,14,16)(H,15,18). The molecule has 0 saturated carbocycles. The maximum atomic E-state index is 12.1. The number of nitrogens with two attached hydrogens (primary N) is 1. The summed E-state index contributed by atoms with van der Waals surface area (Å²) in [6.07, 6.45) is 1.58. The van der Waals surface area contributed by atoms with Crippen LogP contribution in [-0.4, -0.2) is 48.0 Å². The molecule has 19 heavy (non-hydrogen) atoms. The minimum Gasteiger partial charge on any atom is -0.409 e. The van der Waals surface area contributed by atoms with Gasteiger partial charge in [0.15, 0.2) is 5.84 Å². The summed E-state index contributed by atoms with van der Waals surface area (Å²) in [5, 5.41) is 14.6. The van der Waals surface area contributed by atoms with Crippen molar-refractivity contribution in [2.24, 2.45) is 16.3 Å². The van der Waals surface area contributed by atoms with Crippen LogP contribution in [0.1, 0.15) is 40.5 Å². The van der Waals surface area contributed by atoms with E-state index in [0.717, 1.165) is 26.1 Å². The van der Waals surface area contributed by atoms with E-state index in [4.69, 9.17) is 10.9 Å². The number of likely N-dealkylation sites (N-methyl/N-ethyl adjacent to an activating group) is 1. The lowest BCUT2D eigenvalue weighted by atomic mass is 9.85. The van der Waals surface area contributed by atoms with Crippen LogP contribution in [0.2, 0.25) is 0 Å². The summed E-state index contributed by atoms with van der Waals surface area (Å²) >= 11 is 0. The highest BCUT2D eigenvalue weighted by atomic mass is 16.4. The van der Waals surface area contributed by atoms with Gasteiger partial charge in [-0.15, -0.1) is 0 Å². The van der Waals surface area contributed by atoms with Crippen LogP contribution in [0.4, 0.5) is 0 Å². The second-order valence-electron chi connectivity index (χ2n) is 4.86. The Morgan fingerprint density at radius 1 is 1.37 bits per heavy atom. The molecule has 6 heteroatoms. The van der Waals surface area contributed by atoms with Crippen LogP contribution in [0.3, 0.4) is 0 Å². The third-order valence-corrected chi connectivity index (χ3v) is 3.58. The first-order valence-electron chi connectivity index (χ1n) is 6.94. The molecule has 1 amide bonds. The van der Waals surface area contributed by atoms with Crippen LogP contribution in [-0.2, 0) is 4.79 Å². The molecule has 1 unspecified atom stereocenters. The van der Waals surface area contributed by atoms with Gasteiger partial charge in [-0.1, -0.05) is 25.9 Å². The van der Waals surface area contributed by atoms with Crippen LogP contribution in [0.5, 0.6) is 0 Å². The van der Waals surface area contributed by atoms with Gasteiger partial charge in [0.2, 0.25) is 5.91 Å². The van der Waals surface area contributed by atoms with Gasteiger partial charge in [0.1, 0.15) is 5.41 Å². The summed E-state index contributed by atoms with van der Waals surface area (Å²) in [5.74, 6) is -0.244. The fraction of sp³-hybridized carbons (Fsp3) is 0.846. The smallest absolute Gasteiger partial charge is 0.233 e. The predicted molar refractivity (Wildman–Crippen MR) is 77.2 cm³/mol. The van der Waals surface area contributed by atoms with E-state index in [1.54, 1.807) is 6.92 Å². The highest BCUT2D eigenvalue weighted by Crippen LogP contribution is 2.21. The number of hydrogen-bond acceptors (Lipinski definition) is 4. The first-order valence-corrected chi connectivity index (χ1v) is 6.94. The molecule has 0 fully saturated rings. The summed E-state index contributed by atoms with van der Waals surface area (Å²) in [6, 6.07) is 0. The zero-order valence-electron chi connectivity index (χ0n) is 12.6. The molecule has 0 aliphatic rings. The van der Waals surface area contributed by atoms with Gasteiger partial charge < -0.3 is 21.2 Å². The largest absolute Gasteiger partial charge is 0.409 e. The van der Waals surface area contributed by atoms with Crippen molar-refractivity contribution in [2.45, 2.75) is 40.5 Å². The lowest BCUT2D eigenvalue weighted by molar-refractivity contribution is -0.127. The van der Waals surface area contributed by atoms with Crippen LogP contribution in [0, 0.1) is 5.41 Å². The van der Waals surface area contributed by atoms with Gasteiger partial charge >= 0.3 is 0 Å². The highest BCUT2D eigenvalue weighted by molar-refractivity contribution is 6.06. The molecule has 0 aromatic carbocycles. The van der Waals surface area contributed by atoms with E-state index in [1.807, 2.05) is 6.92 Å². The number of amidine groups is 1. The molecule has 1 atom stereocenters. The van der Waals surface area contributed by atoms with Gasteiger partial charge in [0.25, 0.3) is 0 Å². The zero-order chi connectivity index (χ0) is 14.9. The van der Waals surface area contributed by atoms with Gasteiger partial charge in [-0.2, -0.15) is 0 Å². The molecule has 0 aliphatic heterocycles. The molecule has 0 aromatic heterocycles. The average Bonchev–Trinajstić information content (AvgIpc) is 2.44. The number of oxime groups is 1. The van der Waals surface area contributed by atoms with Crippen LogP contribution in [0.15, 0.2) is 5.16 Å². The first kappa shape index (κ1) is 17.7. The van der Waals surface area contributed by atoms with E-state index in [1.165, 1.54) is 0 Å². The van der Waals surface area contributed by atoms with Crippen LogP contribution >= 0.6 is 0 Å². The molecule has 0 heterocycles. The Labute approximate surface area is 116 Å². The van der Waals surface area contributed by atoms with Crippen LogP contribution in [0.25, 0.3) is 0 Å². The number of nitrogens with one attached hydrogen (secondary N) is 1. The molecule has 0 bridgehead atoms. The number of rotatable bonds is 9. The Bertz CT molecular complexity index is 307. The Hall–Kier alpha value is -1.30. The maximum Gasteiger partial charge on any atom is 0.233 e. The van der Waals surface area contributed by atoms with Crippen molar-refractivity contribution in [1.82, 2.24) is 10.2 Å². The predicted octanol–water partition coefficient (Wildman–Crippen LogP) is 0.997. The van der Waals surface area contributed by atoms with Gasteiger partial charge in [-0.3, -0.25) is 4.79 Å². The number of carbonyl (C=O) groups is 1. The number of nitrogens with zero attached hydrogens (tertiary/aromatic N) is 2. The van der Waals surface area contributed by atoms with Gasteiger partial charge in [-0.25, -0.2) is 0 Å². The molecule has 0 aliphatic carbocycles. The zero-order valence-corrected chi connectivity index (χ0v) is 12.6. The molecule has 4 N–H and O–H groups in total. The van der Waals surface area contributed by atoms with Crippen molar-refractivity contribution in [3.05, 3.63) is 0 Å². The van der Waals surface area contributed by atoms with Gasteiger partial charge in [-0.05, 0) is 32.9 Å². The van der Waals surface area contributed by atoms with Crippen molar-refractivity contribution < 1.29 is 10.0 Å². The summed E-state index contributed by atoms with van der Waals surface area (Å²) in [7, 11) is 0. The second kappa shape index (κ2) is 8.74. The number of carbonyl (C=O) groups excluding carboxylic acids is 1. The van der Waals surface area contributed by atoms with E-state index in [2.05, 4.69) is 29.2 Å². The Balaban J connectivity index is 4.37. The normalized spacial score (nSPS) is 15.3. The van der Waals surface area contributed by atoms with Gasteiger partial charge in [0.05, 0.1) is 0 Å². The molecule has 0 rings (SSSR count). The fourth-order valence-corrected chi connectivity index (χ4v) is 1.84. The topological polar surface area (TPSA) is 91.0 Å². The lowest BCUT2D eigenvalue weighted by Gasteiger charge is -2.26. The first-order chi connectivity index (χ1) is 8.96. The highest BCUT2D eigenvalue weighted by Gasteiger charge is 2.36. The van der Waals surface area contributed by atoms with Crippen molar-refractivity contribution >= 4 is 11.7 Å². The third-order valence-electron chi connectivity index (χ3n) is 3.58. The summed E-state index contributed by atoms with van der Waals surface area (Å²) < 4.78 is 0. The van der Waals surface area contributed by atoms with E-state index >= 15 is 0 Å². The fourth-order valence-electron chi connectivity index (χ4n) is 1.84. The summed E-state index contributed by atoms with van der Waals surface area (Å²) in [5.41, 5.74) is 4.65. The average molecular weight is 272 g/mol. The van der Waals surface area contributed by atoms with E-state index < -0.39 is 5.41 Å². The minimum absolute atomic E-state index is 0.0478. The Morgan fingerprint density at radius 3 is 2.42 bits per heavy atom. The molecular formula is C13H28N4O2. The molecule has 0 spiro atoms. The van der Waals surface area contributed by atoms with Gasteiger partial charge in [0, 0.05) is 13.1 Å². The molecule has 112 valence electrons. The molecule has 0 saturated heterocycles. The van der Waals surface area contributed by atoms with E-state index in [-0.39, 0.29) is 11.7 Å². The minimum atomic E-state index is -0.948. The Kier molecular flexibility index (Phi) is 8.14. The van der Waals surface area contributed by atoms with Crippen molar-refractivity contribution in [2.75, 3.05) is 26.2 Å². The quantitative estimate of drug-likeness (QED) is 0.253. The van der Waals surface area contributed by atoms with Crippen molar-refractivity contribution in [1.29, 1.82) is 0 Å². The van der Waals surface area contributed by atoms with E-state index in [9.17, 15) is 4.79 Å². The number of amides is 1. The Morgan fingerprint density at radius 2 is 2.00 bits per heavy atom. The third kappa shape index (κ3) is 5.06. The monoisotopic (exact) mass is 272 g/mol. The summed E-state index contributed by atoms with van der Waals surface area (Å²) in [4.78, 5) is 14.4.